The molecule has 0 saturated carbocycles. The lowest BCUT2D eigenvalue weighted by molar-refractivity contribution is 0.424. The van der Waals surface area contributed by atoms with Gasteiger partial charge in [0, 0.05) is 28.7 Å². The van der Waals surface area contributed by atoms with Gasteiger partial charge >= 0.3 is 0 Å². The van der Waals surface area contributed by atoms with E-state index >= 15 is 0 Å². The topological polar surface area (TPSA) is 84.7 Å². The van der Waals surface area contributed by atoms with E-state index in [2.05, 4.69) is 20.3 Å². The van der Waals surface area contributed by atoms with Crippen molar-refractivity contribution in [2.75, 3.05) is 0 Å². The SMILES string of the molecule is O=c1ccc(-c2nc(I)no2)n[nH]1. The third-order valence-electron chi connectivity index (χ3n) is 1.30. The summed E-state index contributed by atoms with van der Waals surface area (Å²) in [7, 11) is 0. The van der Waals surface area contributed by atoms with E-state index in [0.29, 0.717) is 15.4 Å². The Labute approximate surface area is 85.5 Å². The van der Waals surface area contributed by atoms with Gasteiger partial charge in [-0.05, 0) is 6.07 Å². The Kier molecular flexibility index (Phi) is 2.08. The van der Waals surface area contributed by atoms with Crippen LogP contribution in [0.15, 0.2) is 21.5 Å². The summed E-state index contributed by atoms with van der Waals surface area (Å²) in [5.41, 5.74) is 0.188. The van der Waals surface area contributed by atoms with Crippen LogP contribution in [0.1, 0.15) is 0 Å². The van der Waals surface area contributed by atoms with Crippen LogP contribution < -0.4 is 5.56 Å². The van der Waals surface area contributed by atoms with Crippen LogP contribution in [0, 0.1) is 3.83 Å². The maximum Gasteiger partial charge on any atom is 0.279 e. The number of aromatic nitrogens is 4. The Bertz CT molecular complexity index is 457. The largest absolute Gasteiger partial charge is 0.331 e. The van der Waals surface area contributed by atoms with Gasteiger partial charge in [0.15, 0.2) is 0 Å². The number of nitrogens with one attached hydrogen (secondary N) is 1. The standard InChI is InChI=1S/C6H3IN4O2/c7-6-8-5(13-11-6)3-1-2-4(12)10-9-3/h1-2H,(H,10,12). The maximum absolute atomic E-state index is 10.7. The van der Waals surface area contributed by atoms with E-state index in [0.717, 1.165) is 0 Å². The van der Waals surface area contributed by atoms with Gasteiger partial charge in [0.25, 0.3) is 11.4 Å². The zero-order chi connectivity index (χ0) is 9.26. The first-order valence-corrected chi connectivity index (χ1v) is 4.39. The van der Waals surface area contributed by atoms with E-state index in [4.69, 9.17) is 4.52 Å². The smallest absolute Gasteiger partial charge is 0.279 e. The van der Waals surface area contributed by atoms with Gasteiger partial charge in [0.2, 0.25) is 3.83 Å². The molecule has 0 aromatic carbocycles. The molecule has 0 atom stereocenters. The van der Waals surface area contributed by atoms with E-state index in [-0.39, 0.29) is 5.56 Å². The van der Waals surface area contributed by atoms with Crippen LogP contribution in [0.5, 0.6) is 0 Å². The first-order valence-electron chi connectivity index (χ1n) is 3.31. The molecule has 2 aromatic rings. The predicted octanol–water partition coefficient (Wildman–Crippen LogP) is 0.424. The van der Waals surface area contributed by atoms with Gasteiger partial charge in [-0.3, -0.25) is 4.79 Å². The molecule has 7 heteroatoms. The zero-order valence-corrected chi connectivity index (χ0v) is 8.35. The second-order valence-electron chi connectivity index (χ2n) is 2.17. The van der Waals surface area contributed by atoms with E-state index in [1.807, 2.05) is 22.6 Å². The molecule has 2 aromatic heterocycles. The van der Waals surface area contributed by atoms with E-state index < -0.39 is 0 Å². The van der Waals surface area contributed by atoms with Crippen molar-refractivity contribution in [1.29, 1.82) is 0 Å². The molecule has 0 aliphatic heterocycles. The lowest BCUT2D eigenvalue weighted by Gasteiger charge is -1.88. The summed E-state index contributed by atoms with van der Waals surface area (Å²) in [6.07, 6.45) is 0. The number of hydrogen-bond donors (Lipinski definition) is 1. The molecule has 6 nitrogen and oxygen atoms in total. The van der Waals surface area contributed by atoms with Crippen LogP contribution in [0.25, 0.3) is 11.6 Å². The number of aromatic amines is 1. The fourth-order valence-electron chi connectivity index (χ4n) is 0.773. The van der Waals surface area contributed by atoms with Crippen LogP contribution in [0.4, 0.5) is 0 Å². The quantitative estimate of drug-likeness (QED) is 0.770. The normalized spacial score (nSPS) is 10.2. The Balaban J connectivity index is 2.47. The highest BCUT2D eigenvalue weighted by Gasteiger charge is 2.07. The molecule has 0 radical (unpaired) electrons. The van der Waals surface area contributed by atoms with Crippen molar-refractivity contribution in [2.24, 2.45) is 0 Å². The number of nitrogens with zero attached hydrogens (tertiary/aromatic N) is 3. The zero-order valence-electron chi connectivity index (χ0n) is 6.19. The van der Waals surface area contributed by atoms with Crippen LogP contribution in [0.2, 0.25) is 0 Å². The molecule has 0 unspecified atom stereocenters. The molecule has 0 spiro atoms. The summed E-state index contributed by atoms with van der Waals surface area (Å²) in [6, 6.07) is 2.86. The maximum atomic E-state index is 10.7. The molecule has 0 aliphatic rings. The molecule has 0 bridgehead atoms. The molecule has 0 fully saturated rings. The fourth-order valence-corrected chi connectivity index (χ4v) is 1.09. The molecule has 1 N–H and O–H groups in total. The molecule has 2 heterocycles. The minimum Gasteiger partial charge on any atom is -0.331 e. The highest BCUT2D eigenvalue weighted by atomic mass is 127. The summed E-state index contributed by atoms with van der Waals surface area (Å²) >= 11 is 1.92. The van der Waals surface area contributed by atoms with Crippen molar-refractivity contribution in [3.63, 3.8) is 0 Å². The van der Waals surface area contributed by atoms with Crippen molar-refractivity contribution >= 4 is 22.6 Å². The van der Waals surface area contributed by atoms with Crippen LogP contribution in [-0.4, -0.2) is 20.3 Å². The third kappa shape index (κ3) is 1.74. The molecule has 13 heavy (non-hydrogen) atoms. The molecule has 0 aliphatic carbocycles. The van der Waals surface area contributed by atoms with Crippen LogP contribution in [0.3, 0.4) is 0 Å². The van der Waals surface area contributed by atoms with Crippen molar-refractivity contribution in [2.45, 2.75) is 0 Å². The number of halogens is 1. The highest BCUT2D eigenvalue weighted by molar-refractivity contribution is 14.1. The summed E-state index contributed by atoms with van der Waals surface area (Å²) in [4.78, 5) is 14.6. The average Bonchev–Trinajstić information content (AvgIpc) is 2.53. The lowest BCUT2D eigenvalue weighted by Crippen LogP contribution is -2.05. The predicted molar refractivity (Wildman–Crippen MR) is 50.9 cm³/mol. The third-order valence-corrected chi connectivity index (χ3v) is 1.74. The number of hydrogen-bond acceptors (Lipinski definition) is 5. The van der Waals surface area contributed by atoms with Crippen molar-refractivity contribution in [3.05, 3.63) is 26.3 Å². The Hall–Kier alpha value is -1.25. The van der Waals surface area contributed by atoms with Crippen LogP contribution >= 0.6 is 22.6 Å². The van der Waals surface area contributed by atoms with Crippen molar-refractivity contribution in [1.82, 2.24) is 20.3 Å². The molecule has 0 amide bonds. The van der Waals surface area contributed by atoms with Gasteiger partial charge in [-0.15, -0.1) is 0 Å². The second kappa shape index (κ2) is 3.24. The van der Waals surface area contributed by atoms with Gasteiger partial charge in [-0.2, -0.15) is 10.1 Å². The van der Waals surface area contributed by atoms with E-state index in [1.54, 1.807) is 0 Å². The molecular weight excluding hydrogens is 287 g/mol. The van der Waals surface area contributed by atoms with Crippen molar-refractivity contribution < 1.29 is 4.52 Å². The van der Waals surface area contributed by atoms with Gasteiger partial charge < -0.3 is 4.52 Å². The van der Waals surface area contributed by atoms with E-state index in [1.165, 1.54) is 12.1 Å². The Morgan fingerprint density at radius 3 is 2.85 bits per heavy atom. The molecule has 2 rings (SSSR count). The highest BCUT2D eigenvalue weighted by Crippen LogP contribution is 2.12. The van der Waals surface area contributed by atoms with Crippen molar-refractivity contribution in [3.8, 4) is 11.6 Å². The molecular formula is C6H3IN4O2. The van der Waals surface area contributed by atoms with Gasteiger partial charge in [0.05, 0.1) is 0 Å². The lowest BCUT2D eigenvalue weighted by atomic mass is 10.4. The Morgan fingerprint density at radius 2 is 2.31 bits per heavy atom. The summed E-state index contributed by atoms with van der Waals surface area (Å²) in [5, 5.41) is 9.58. The minimum absolute atomic E-state index is 0.266. The first kappa shape index (κ1) is 8.35. The van der Waals surface area contributed by atoms with Gasteiger partial charge in [-0.1, -0.05) is 5.16 Å². The monoisotopic (exact) mass is 290 g/mol. The summed E-state index contributed by atoms with van der Waals surface area (Å²) in [6.45, 7) is 0. The minimum atomic E-state index is -0.266. The van der Waals surface area contributed by atoms with E-state index in [9.17, 15) is 4.79 Å². The molecule has 66 valence electrons. The summed E-state index contributed by atoms with van der Waals surface area (Å²) < 4.78 is 5.34. The summed E-state index contributed by atoms with van der Waals surface area (Å²) in [5.74, 6) is 0.292. The number of H-pyrrole nitrogens is 1. The van der Waals surface area contributed by atoms with Crippen LogP contribution in [-0.2, 0) is 0 Å². The van der Waals surface area contributed by atoms with Gasteiger partial charge in [0.1, 0.15) is 5.69 Å². The molecule has 0 saturated heterocycles. The van der Waals surface area contributed by atoms with Gasteiger partial charge in [-0.25, -0.2) is 5.10 Å². The second-order valence-corrected chi connectivity index (χ2v) is 3.14. The average molecular weight is 290 g/mol. The fraction of sp³-hybridized carbons (Fsp3) is 0. The first-order chi connectivity index (χ1) is 6.25. The number of rotatable bonds is 1. The Morgan fingerprint density at radius 1 is 1.46 bits per heavy atom.